The van der Waals surface area contributed by atoms with Crippen molar-refractivity contribution in [1.29, 1.82) is 0 Å². The molecule has 6 heteroatoms. The summed E-state index contributed by atoms with van der Waals surface area (Å²) in [6.45, 7) is 3.57. The molecular weight excluding hydrogens is 258 g/mol. The molecule has 2 rings (SSSR count). The van der Waals surface area contributed by atoms with Crippen LogP contribution in [-0.2, 0) is 0 Å². The van der Waals surface area contributed by atoms with Gasteiger partial charge in [-0.05, 0) is 37.6 Å². The summed E-state index contributed by atoms with van der Waals surface area (Å²) in [5.41, 5.74) is 2.60. The molecule has 1 aromatic heterocycles. The number of benzene rings is 1. The van der Waals surface area contributed by atoms with Crippen molar-refractivity contribution in [3.63, 3.8) is 0 Å². The maximum atomic E-state index is 10.9. The molecule has 0 amide bonds. The highest BCUT2D eigenvalue weighted by Crippen LogP contribution is 2.23. The van der Waals surface area contributed by atoms with E-state index < -0.39 is 6.04 Å². The summed E-state index contributed by atoms with van der Waals surface area (Å²) in [5.74, 6) is 0.724. The smallest absolute Gasteiger partial charge is 0.230 e. The second kappa shape index (κ2) is 5.73. The second-order valence-corrected chi connectivity index (χ2v) is 4.68. The van der Waals surface area contributed by atoms with Gasteiger partial charge in [0.25, 0.3) is 0 Å². The highest BCUT2D eigenvalue weighted by Gasteiger charge is 2.22. The fourth-order valence-electron chi connectivity index (χ4n) is 2.25. The fraction of sp³-hybridized carbons (Fsp3) is 0.357. The van der Waals surface area contributed by atoms with E-state index in [9.17, 15) is 10.1 Å². The number of rotatable bonds is 5. The molecule has 1 aromatic carbocycles. The predicted octanol–water partition coefficient (Wildman–Crippen LogP) is 2.37. The van der Waals surface area contributed by atoms with Gasteiger partial charge in [-0.15, -0.1) is 0 Å². The van der Waals surface area contributed by atoms with Crippen LogP contribution in [0.25, 0.3) is 0 Å². The molecule has 1 atom stereocenters. The molecule has 0 unspecified atom stereocenters. The Kier molecular flexibility index (Phi) is 4.02. The quantitative estimate of drug-likeness (QED) is 0.620. The van der Waals surface area contributed by atoms with E-state index in [2.05, 4.69) is 5.10 Å². The van der Waals surface area contributed by atoms with Gasteiger partial charge in [0.15, 0.2) is 0 Å². The van der Waals surface area contributed by atoms with E-state index in [1.165, 1.54) is 0 Å². The van der Waals surface area contributed by atoms with Crippen LogP contribution in [0.1, 0.15) is 23.0 Å². The van der Waals surface area contributed by atoms with Gasteiger partial charge in [0.1, 0.15) is 11.8 Å². The Morgan fingerprint density at radius 1 is 1.35 bits per heavy atom. The van der Waals surface area contributed by atoms with Gasteiger partial charge in [0, 0.05) is 10.6 Å². The highest BCUT2D eigenvalue weighted by atomic mass is 16.6. The second-order valence-electron chi connectivity index (χ2n) is 4.68. The van der Waals surface area contributed by atoms with Crippen LogP contribution in [0.5, 0.6) is 5.75 Å². The number of hydrogen-bond donors (Lipinski definition) is 0. The number of hydrogen-bond acceptors (Lipinski definition) is 4. The van der Waals surface area contributed by atoms with Crippen LogP contribution >= 0.6 is 0 Å². The minimum atomic E-state index is -0.412. The lowest BCUT2D eigenvalue weighted by molar-refractivity contribution is -0.484. The molecule has 0 saturated carbocycles. The summed E-state index contributed by atoms with van der Waals surface area (Å²) < 4.78 is 6.82. The summed E-state index contributed by atoms with van der Waals surface area (Å²) in [6.07, 6.45) is 0. The first kappa shape index (κ1) is 14.0. The zero-order chi connectivity index (χ0) is 14.7. The number of ether oxygens (including phenoxy) is 1. The Morgan fingerprint density at radius 3 is 2.45 bits per heavy atom. The highest BCUT2D eigenvalue weighted by molar-refractivity contribution is 5.30. The molecular formula is C14H17N3O3. The Bertz CT molecular complexity index is 605. The molecule has 1 heterocycles. The van der Waals surface area contributed by atoms with E-state index in [4.69, 9.17) is 4.74 Å². The lowest BCUT2D eigenvalue weighted by atomic mass is 10.1. The minimum Gasteiger partial charge on any atom is -0.497 e. The van der Waals surface area contributed by atoms with Crippen LogP contribution < -0.4 is 4.74 Å². The van der Waals surface area contributed by atoms with Crippen molar-refractivity contribution in [2.24, 2.45) is 0 Å². The number of nitro groups is 1. The first-order valence-corrected chi connectivity index (χ1v) is 6.29. The summed E-state index contributed by atoms with van der Waals surface area (Å²) >= 11 is 0. The van der Waals surface area contributed by atoms with Gasteiger partial charge in [-0.2, -0.15) is 5.10 Å². The molecule has 0 aliphatic carbocycles. The van der Waals surface area contributed by atoms with Gasteiger partial charge in [0.2, 0.25) is 6.54 Å². The van der Waals surface area contributed by atoms with E-state index in [0.29, 0.717) is 0 Å². The number of methoxy groups -OCH3 is 1. The van der Waals surface area contributed by atoms with Crippen molar-refractivity contribution in [3.05, 3.63) is 57.4 Å². The van der Waals surface area contributed by atoms with E-state index in [-0.39, 0.29) is 11.5 Å². The van der Waals surface area contributed by atoms with Crippen LogP contribution in [0.15, 0.2) is 30.3 Å². The van der Waals surface area contributed by atoms with Crippen LogP contribution in [-0.4, -0.2) is 28.4 Å². The molecule has 6 nitrogen and oxygen atoms in total. The van der Waals surface area contributed by atoms with Gasteiger partial charge in [-0.1, -0.05) is 12.1 Å². The largest absolute Gasteiger partial charge is 0.497 e. The van der Waals surface area contributed by atoms with Crippen molar-refractivity contribution in [2.75, 3.05) is 13.7 Å². The first-order valence-electron chi connectivity index (χ1n) is 6.29. The minimum absolute atomic E-state index is 0.200. The molecule has 0 radical (unpaired) electrons. The van der Waals surface area contributed by atoms with Crippen LogP contribution in [0.4, 0.5) is 0 Å². The zero-order valence-electron chi connectivity index (χ0n) is 11.7. The average molecular weight is 275 g/mol. The van der Waals surface area contributed by atoms with Gasteiger partial charge < -0.3 is 4.74 Å². The van der Waals surface area contributed by atoms with E-state index in [1.807, 2.05) is 32.0 Å². The van der Waals surface area contributed by atoms with Crippen molar-refractivity contribution >= 4 is 0 Å². The molecule has 0 bridgehead atoms. The lowest BCUT2D eigenvalue weighted by Crippen LogP contribution is -2.22. The number of aryl methyl sites for hydroxylation is 2. The average Bonchev–Trinajstić information content (AvgIpc) is 2.75. The molecule has 0 aliphatic heterocycles. The summed E-state index contributed by atoms with van der Waals surface area (Å²) in [5, 5.41) is 15.3. The lowest BCUT2D eigenvalue weighted by Gasteiger charge is -2.16. The Labute approximate surface area is 117 Å². The topological polar surface area (TPSA) is 70.2 Å². The Morgan fingerprint density at radius 2 is 2.00 bits per heavy atom. The van der Waals surface area contributed by atoms with Gasteiger partial charge >= 0.3 is 0 Å². The van der Waals surface area contributed by atoms with Crippen molar-refractivity contribution in [3.8, 4) is 5.75 Å². The van der Waals surface area contributed by atoms with Crippen LogP contribution in [0, 0.1) is 24.0 Å². The predicted molar refractivity (Wildman–Crippen MR) is 74.7 cm³/mol. The molecule has 106 valence electrons. The monoisotopic (exact) mass is 275 g/mol. The van der Waals surface area contributed by atoms with Gasteiger partial charge in [0.05, 0.1) is 12.8 Å². The van der Waals surface area contributed by atoms with E-state index >= 15 is 0 Å². The standard InChI is InChI=1S/C14H17N3O3/c1-10-8-11(2)17(15-10)14(9-16(18)19)12-4-6-13(20-3)7-5-12/h4-8,14H,9H2,1-3H3/t14-/m1/s1. The normalized spacial score (nSPS) is 12.2. The van der Waals surface area contributed by atoms with Crippen LogP contribution in [0.3, 0.4) is 0 Å². The maximum absolute atomic E-state index is 10.9. The third-order valence-electron chi connectivity index (χ3n) is 3.16. The maximum Gasteiger partial charge on any atom is 0.230 e. The molecule has 0 aliphatic rings. The molecule has 2 aromatic rings. The molecule has 0 N–H and O–H groups in total. The van der Waals surface area contributed by atoms with Crippen molar-refractivity contribution < 1.29 is 9.66 Å². The fourth-order valence-corrected chi connectivity index (χ4v) is 2.25. The summed E-state index contributed by atoms with van der Waals surface area (Å²) in [4.78, 5) is 10.6. The molecule has 20 heavy (non-hydrogen) atoms. The number of nitrogens with zero attached hydrogens (tertiary/aromatic N) is 3. The van der Waals surface area contributed by atoms with Crippen molar-refractivity contribution in [2.45, 2.75) is 19.9 Å². The first-order chi connectivity index (χ1) is 9.51. The third kappa shape index (κ3) is 2.96. The SMILES string of the molecule is COc1ccc([C@@H](C[N+](=O)[O-])n2nc(C)cc2C)cc1. The van der Waals surface area contributed by atoms with Crippen LogP contribution in [0.2, 0.25) is 0 Å². The Balaban J connectivity index is 2.40. The zero-order valence-corrected chi connectivity index (χ0v) is 11.7. The van der Waals surface area contributed by atoms with Gasteiger partial charge in [-0.3, -0.25) is 14.8 Å². The number of aromatic nitrogens is 2. The van der Waals surface area contributed by atoms with E-state index in [0.717, 1.165) is 22.7 Å². The Hall–Kier alpha value is -2.37. The molecule has 0 saturated heterocycles. The molecule has 0 fully saturated rings. The molecule has 0 spiro atoms. The van der Waals surface area contributed by atoms with Gasteiger partial charge in [-0.25, -0.2) is 0 Å². The summed E-state index contributed by atoms with van der Waals surface area (Å²) in [7, 11) is 1.59. The van der Waals surface area contributed by atoms with E-state index in [1.54, 1.807) is 23.9 Å². The summed E-state index contributed by atoms with van der Waals surface area (Å²) in [6, 6.07) is 8.77. The third-order valence-corrected chi connectivity index (χ3v) is 3.16. The van der Waals surface area contributed by atoms with Crippen molar-refractivity contribution in [1.82, 2.24) is 9.78 Å².